The Morgan fingerprint density at radius 1 is 0.970 bits per heavy atom. The molecule has 1 saturated carbocycles. The number of amides is 2. The summed E-state index contributed by atoms with van der Waals surface area (Å²) < 4.78 is 5.57. The van der Waals surface area contributed by atoms with E-state index in [-0.39, 0.29) is 43.4 Å². The van der Waals surface area contributed by atoms with Gasteiger partial charge in [-0.1, -0.05) is 61.9 Å². The van der Waals surface area contributed by atoms with E-state index >= 15 is 0 Å². The molecule has 2 aromatic carbocycles. The van der Waals surface area contributed by atoms with Gasteiger partial charge in [-0.25, -0.2) is 4.79 Å². The fraction of sp³-hybridized carbons (Fsp3) is 0.423. The third kappa shape index (κ3) is 5.02. The maximum absolute atomic E-state index is 12.7. The zero-order chi connectivity index (χ0) is 23.4. The quantitative estimate of drug-likeness (QED) is 0.539. The minimum atomic E-state index is -0.952. The fourth-order valence-corrected chi connectivity index (χ4v) is 4.63. The Morgan fingerprint density at radius 3 is 2.12 bits per heavy atom. The monoisotopic (exact) mass is 450 g/mol. The summed E-state index contributed by atoms with van der Waals surface area (Å²) in [5.74, 6) is -2.05. The first-order valence-corrected chi connectivity index (χ1v) is 11.5. The van der Waals surface area contributed by atoms with Crippen LogP contribution in [0.15, 0.2) is 48.5 Å². The molecule has 2 aliphatic rings. The van der Waals surface area contributed by atoms with Crippen LogP contribution in [0.4, 0.5) is 4.79 Å². The third-order valence-corrected chi connectivity index (χ3v) is 6.87. The smallest absolute Gasteiger partial charge is 0.407 e. The predicted molar refractivity (Wildman–Crippen MR) is 124 cm³/mol. The zero-order valence-corrected chi connectivity index (χ0v) is 18.8. The molecule has 1 fully saturated rings. The Balaban J connectivity index is 1.33. The van der Waals surface area contributed by atoms with Gasteiger partial charge in [0.25, 0.3) is 0 Å². The summed E-state index contributed by atoms with van der Waals surface area (Å²) in [5.41, 5.74) is 4.62. The van der Waals surface area contributed by atoms with Gasteiger partial charge in [-0.15, -0.1) is 0 Å². The van der Waals surface area contributed by atoms with Crippen molar-refractivity contribution in [3.8, 4) is 11.1 Å². The van der Waals surface area contributed by atoms with E-state index in [1.165, 1.54) is 11.1 Å². The minimum absolute atomic E-state index is 0.0219. The van der Waals surface area contributed by atoms with Gasteiger partial charge in [0.1, 0.15) is 6.61 Å². The average Bonchev–Trinajstić information content (AvgIpc) is 3.10. The average molecular weight is 451 g/mol. The highest BCUT2D eigenvalue weighted by atomic mass is 16.5. The number of ether oxygens (including phenoxy) is 1. The van der Waals surface area contributed by atoms with Crippen LogP contribution < -0.4 is 10.6 Å². The molecule has 4 rings (SSSR count). The van der Waals surface area contributed by atoms with Crippen LogP contribution in [0.5, 0.6) is 0 Å². The van der Waals surface area contributed by atoms with Crippen molar-refractivity contribution in [2.75, 3.05) is 19.7 Å². The van der Waals surface area contributed by atoms with E-state index < -0.39 is 18.0 Å². The van der Waals surface area contributed by atoms with Crippen LogP contribution in [-0.2, 0) is 14.3 Å². The van der Waals surface area contributed by atoms with Gasteiger partial charge in [-0.2, -0.15) is 0 Å². The van der Waals surface area contributed by atoms with Crippen molar-refractivity contribution < 1.29 is 24.2 Å². The van der Waals surface area contributed by atoms with E-state index in [2.05, 4.69) is 34.9 Å². The number of benzene rings is 2. The first-order chi connectivity index (χ1) is 16.0. The lowest BCUT2D eigenvalue weighted by atomic mass is 9.75. The standard InChI is InChI=1S/C26H30N2O5/c1-16(25(30)31)13-27-24(29)22(17-7-6-8-17)14-28-26(32)33-15-23-20-11-4-2-9-18(20)19-10-3-5-12-21(19)23/h2-5,9-12,16-17,22-23H,6-8,13-15H2,1H3,(H,27,29)(H,28,32)(H,30,31). The summed E-state index contributed by atoms with van der Waals surface area (Å²) in [6.45, 7) is 2.02. The summed E-state index contributed by atoms with van der Waals surface area (Å²) in [7, 11) is 0. The largest absolute Gasteiger partial charge is 0.481 e. The van der Waals surface area contributed by atoms with Gasteiger partial charge in [-0.05, 0) is 41.0 Å². The van der Waals surface area contributed by atoms with Gasteiger partial charge in [0.05, 0.1) is 11.8 Å². The molecule has 2 unspecified atom stereocenters. The van der Waals surface area contributed by atoms with E-state index in [1.807, 2.05) is 24.3 Å². The van der Waals surface area contributed by atoms with Crippen LogP contribution in [0.3, 0.4) is 0 Å². The summed E-state index contributed by atoms with van der Waals surface area (Å²) in [4.78, 5) is 36.2. The second-order valence-electron chi connectivity index (χ2n) is 8.99. The van der Waals surface area contributed by atoms with Crippen molar-refractivity contribution in [3.05, 3.63) is 59.7 Å². The Kier molecular flexibility index (Phi) is 6.96. The molecule has 2 atom stereocenters. The van der Waals surface area contributed by atoms with Gasteiger partial charge in [-0.3, -0.25) is 9.59 Å². The second kappa shape index (κ2) is 10.1. The Morgan fingerprint density at radius 2 is 1.58 bits per heavy atom. The van der Waals surface area contributed by atoms with E-state index in [1.54, 1.807) is 6.92 Å². The number of alkyl carbamates (subject to hydrolysis) is 1. The molecule has 0 radical (unpaired) electrons. The van der Waals surface area contributed by atoms with Gasteiger partial charge in [0.2, 0.25) is 5.91 Å². The van der Waals surface area contributed by atoms with E-state index in [0.29, 0.717) is 0 Å². The van der Waals surface area contributed by atoms with Gasteiger partial charge >= 0.3 is 12.1 Å². The molecule has 0 heterocycles. The van der Waals surface area contributed by atoms with E-state index in [9.17, 15) is 14.4 Å². The molecule has 7 heteroatoms. The maximum atomic E-state index is 12.7. The Bertz CT molecular complexity index is 987. The lowest BCUT2D eigenvalue weighted by Crippen LogP contribution is -2.45. The first-order valence-electron chi connectivity index (χ1n) is 11.5. The molecule has 0 bridgehead atoms. The normalized spacial score (nSPS) is 16.6. The van der Waals surface area contributed by atoms with Crippen molar-refractivity contribution in [2.45, 2.75) is 32.1 Å². The van der Waals surface area contributed by atoms with Crippen LogP contribution in [0, 0.1) is 17.8 Å². The molecular formula is C26H30N2O5. The van der Waals surface area contributed by atoms with Crippen molar-refractivity contribution in [3.63, 3.8) is 0 Å². The highest BCUT2D eigenvalue weighted by Crippen LogP contribution is 2.44. The maximum Gasteiger partial charge on any atom is 0.407 e. The van der Waals surface area contributed by atoms with Crippen LogP contribution in [0.25, 0.3) is 11.1 Å². The number of nitrogens with one attached hydrogen (secondary N) is 2. The number of carboxylic acids is 1. The van der Waals surface area contributed by atoms with E-state index in [4.69, 9.17) is 9.84 Å². The van der Waals surface area contributed by atoms with E-state index in [0.717, 1.165) is 30.4 Å². The zero-order valence-electron chi connectivity index (χ0n) is 18.8. The van der Waals surface area contributed by atoms with Crippen molar-refractivity contribution >= 4 is 18.0 Å². The summed E-state index contributed by atoms with van der Waals surface area (Å²) >= 11 is 0. The molecule has 2 aliphatic carbocycles. The molecule has 174 valence electrons. The second-order valence-corrected chi connectivity index (χ2v) is 8.99. The van der Waals surface area contributed by atoms with Crippen molar-refractivity contribution in [1.82, 2.24) is 10.6 Å². The predicted octanol–water partition coefficient (Wildman–Crippen LogP) is 3.78. The molecule has 0 spiro atoms. The number of rotatable bonds is 9. The van der Waals surface area contributed by atoms with Gasteiger partial charge in [0, 0.05) is 19.0 Å². The lowest BCUT2D eigenvalue weighted by Gasteiger charge is -2.33. The summed E-state index contributed by atoms with van der Waals surface area (Å²) in [6.07, 6.45) is 2.37. The van der Waals surface area contributed by atoms with Crippen LogP contribution in [0.2, 0.25) is 0 Å². The number of fused-ring (bicyclic) bond motifs is 3. The molecule has 7 nitrogen and oxygen atoms in total. The number of carbonyl (C=O) groups is 3. The minimum Gasteiger partial charge on any atom is -0.481 e. The van der Waals surface area contributed by atoms with Crippen molar-refractivity contribution in [1.29, 1.82) is 0 Å². The van der Waals surface area contributed by atoms with Crippen LogP contribution in [0.1, 0.15) is 43.2 Å². The Labute approximate surface area is 193 Å². The molecule has 2 amide bonds. The topological polar surface area (TPSA) is 105 Å². The molecule has 0 saturated heterocycles. The first kappa shape index (κ1) is 22.8. The number of carbonyl (C=O) groups excluding carboxylic acids is 2. The molecule has 3 N–H and O–H groups in total. The number of aliphatic carboxylic acids is 1. The molecule has 33 heavy (non-hydrogen) atoms. The molecule has 0 aromatic heterocycles. The molecular weight excluding hydrogens is 420 g/mol. The lowest BCUT2D eigenvalue weighted by molar-refractivity contribution is -0.141. The number of hydrogen-bond acceptors (Lipinski definition) is 4. The van der Waals surface area contributed by atoms with Crippen LogP contribution >= 0.6 is 0 Å². The number of hydrogen-bond donors (Lipinski definition) is 3. The van der Waals surface area contributed by atoms with Gasteiger partial charge < -0.3 is 20.5 Å². The highest BCUT2D eigenvalue weighted by Gasteiger charge is 2.34. The Hall–Kier alpha value is -3.35. The highest BCUT2D eigenvalue weighted by molar-refractivity contribution is 5.81. The molecule has 0 aliphatic heterocycles. The summed E-state index contributed by atoms with van der Waals surface area (Å²) in [5, 5.41) is 14.5. The molecule has 2 aromatic rings. The third-order valence-electron chi connectivity index (χ3n) is 6.87. The van der Waals surface area contributed by atoms with Crippen LogP contribution in [-0.4, -0.2) is 42.8 Å². The number of carboxylic acid groups (broad SMARTS) is 1. The van der Waals surface area contributed by atoms with Gasteiger partial charge in [0.15, 0.2) is 0 Å². The summed E-state index contributed by atoms with van der Waals surface area (Å²) in [6, 6.07) is 16.3. The fourth-order valence-electron chi connectivity index (χ4n) is 4.63. The SMILES string of the molecule is CC(CNC(=O)C(CNC(=O)OCC1c2ccccc2-c2ccccc21)C1CCC1)C(=O)O. The van der Waals surface area contributed by atoms with Crippen molar-refractivity contribution in [2.24, 2.45) is 17.8 Å².